The highest BCUT2D eigenvalue weighted by atomic mass is 15.2. The van der Waals surface area contributed by atoms with E-state index in [2.05, 4.69) is 53.5 Å². The Labute approximate surface area is 129 Å². The second kappa shape index (κ2) is 7.24. The molecular weight excluding hydrogens is 256 g/mol. The van der Waals surface area contributed by atoms with Crippen LogP contribution in [0.25, 0.3) is 6.08 Å². The van der Waals surface area contributed by atoms with Crippen LogP contribution in [-0.2, 0) is 0 Å². The van der Waals surface area contributed by atoms with Crippen LogP contribution in [0.1, 0.15) is 44.6 Å². The van der Waals surface area contributed by atoms with Crippen LogP contribution in [0, 0.1) is 0 Å². The number of nitrogens with zero attached hydrogens (tertiary/aromatic N) is 1. The van der Waals surface area contributed by atoms with Gasteiger partial charge in [0.2, 0.25) is 0 Å². The predicted octanol–water partition coefficient (Wildman–Crippen LogP) is 3.70. The van der Waals surface area contributed by atoms with Gasteiger partial charge in [0.05, 0.1) is 0 Å². The average molecular weight is 284 g/mol. The highest BCUT2D eigenvalue weighted by Crippen LogP contribution is 2.30. The van der Waals surface area contributed by atoms with Crippen molar-refractivity contribution in [2.45, 2.75) is 51.1 Å². The second-order valence-electron chi connectivity index (χ2n) is 6.65. The van der Waals surface area contributed by atoms with Gasteiger partial charge in [0.1, 0.15) is 0 Å². The molecule has 2 nitrogen and oxygen atoms in total. The van der Waals surface area contributed by atoms with Crippen molar-refractivity contribution in [2.75, 3.05) is 19.6 Å². The van der Waals surface area contributed by atoms with Gasteiger partial charge in [-0.3, -0.25) is 4.90 Å². The van der Waals surface area contributed by atoms with Gasteiger partial charge in [0, 0.05) is 25.2 Å². The normalized spacial score (nSPS) is 24.2. The van der Waals surface area contributed by atoms with E-state index in [1.807, 2.05) is 0 Å². The molecule has 0 unspecified atom stereocenters. The summed E-state index contributed by atoms with van der Waals surface area (Å²) in [7, 11) is 0. The zero-order chi connectivity index (χ0) is 14.5. The van der Waals surface area contributed by atoms with Gasteiger partial charge in [-0.2, -0.15) is 0 Å². The summed E-state index contributed by atoms with van der Waals surface area (Å²) in [5, 5.41) is 3.67. The molecule has 2 aliphatic rings. The molecule has 21 heavy (non-hydrogen) atoms. The molecule has 3 rings (SSSR count). The third-order valence-corrected chi connectivity index (χ3v) is 4.96. The summed E-state index contributed by atoms with van der Waals surface area (Å²) in [4.78, 5) is 2.77. The van der Waals surface area contributed by atoms with E-state index >= 15 is 0 Å². The average Bonchev–Trinajstić information content (AvgIpc) is 2.86. The lowest BCUT2D eigenvalue weighted by molar-refractivity contribution is 0.113. The molecule has 1 heterocycles. The summed E-state index contributed by atoms with van der Waals surface area (Å²) < 4.78 is 0. The zero-order valence-electron chi connectivity index (χ0n) is 13.2. The monoisotopic (exact) mass is 284 g/mol. The van der Waals surface area contributed by atoms with Crippen LogP contribution in [0.3, 0.4) is 0 Å². The van der Waals surface area contributed by atoms with Crippen molar-refractivity contribution in [3.05, 3.63) is 41.5 Å². The van der Waals surface area contributed by atoms with Crippen LogP contribution >= 0.6 is 0 Å². The summed E-state index contributed by atoms with van der Waals surface area (Å²) in [5.74, 6) is 0. The first kappa shape index (κ1) is 14.8. The van der Waals surface area contributed by atoms with Crippen LogP contribution in [0.4, 0.5) is 0 Å². The van der Waals surface area contributed by atoms with Crippen LogP contribution in [0.15, 0.2) is 35.9 Å². The summed E-state index contributed by atoms with van der Waals surface area (Å²) in [5.41, 5.74) is 2.71. The van der Waals surface area contributed by atoms with Gasteiger partial charge < -0.3 is 5.32 Å². The Bertz CT molecular complexity index is 462. The Kier molecular flexibility index (Phi) is 5.10. The van der Waals surface area contributed by atoms with E-state index in [0.717, 1.165) is 25.2 Å². The largest absolute Gasteiger partial charge is 0.311 e. The topological polar surface area (TPSA) is 15.3 Å². The Morgan fingerprint density at radius 1 is 1.19 bits per heavy atom. The van der Waals surface area contributed by atoms with Gasteiger partial charge in [0.25, 0.3) is 0 Å². The zero-order valence-corrected chi connectivity index (χ0v) is 13.2. The summed E-state index contributed by atoms with van der Waals surface area (Å²) in [6, 6.07) is 12.3. The lowest BCUT2D eigenvalue weighted by Gasteiger charge is -2.38. The molecule has 0 radical (unpaired) electrons. The van der Waals surface area contributed by atoms with Crippen molar-refractivity contribution in [3.63, 3.8) is 0 Å². The van der Waals surface area contributed by atoms with Gasteiger partial charge in [-0.25, -0.2) is 0 Å². The van der Waals surface area contributed by atoms with Crippen LogP contribution in [0.2, 0.25) is 0 Å². The molecular formula is C19H28N2. The van der Waals surface area contributed by atoms with Gasteiger partial charge in [-0.05, 0) is 44.7 Å². The van der Waals surface area contributed by atoms with Crippen molar-refractivity contribution in [1.82, 2.24) is 10.2 Å². The molecule has 2 heteroatoms. The van der Waals surface area contributed by atoms with Crippen LogP contribution in [-0.4, -0.2) is 36.6 Å². The molecule has 1 saturated carbocycles. The molecule has 0 aromatic heterocycles. The van der Waals surface area contributed by atoms with E-state index in [1.54, 1.807) is 0 Å². The molecule has 0 amide bonds. The molecule has 1 aliphatic heterocycles. The fourth-order valence-electron chi connectivity index (χ4n) is 3.60. The SMILES string of the molecule is CC(=Cc1ccccc1)CNC[C@@H]1CCCN1C1CCC1. The van der Waals surface area contributed by atoms with Gasteiger partial charge in [0.15, 0.2) is 0 Å². The molecule has 1 atom stereocenters. The lowest BCUT2D eigenvalue weighted by atomic mass is 9.91. The fraction of sp³-hybridized carbons (Fsp3) is 0.579. The fourth-order valence-corrected chi connectivity index (χ4v) is 3.60. The lowest BCUT2D eigenvalue weighted by Crippen LogP contribution is -2.47. The Balaban J connectivity index is 1.44. The van der Waals surface area contributed by atoms with Crippen molar-refractivity contribution >= 4 is 6.08 Å². The standard InChI is InChI=1S/C19H28N2/c1-16(13-17-7-3-2-4-8-17)14-20-15-19-11-6-12-21(19)18-9-5-10-18/h2-4,7-8,13,18-20H,5-6,9-12,14-15H2,1H3/t19-/m0/s1. The predicted molar refractivity (Wildman–Crippen MR) is 90.3 cm³/mol. The smallest absolute Gasteiger partial charge is 0.0224 e. The minimum absolute atomic E-state index is 0.778. The van der Waals surface area contributed by atoms with E-state index in [1.165, 1.54) is 49.8 Å². The van der Waals surface area contributed by atoms with Gasteiger partial charge in [-0.15, -0.1) is 0 Å². The van der Waals surface area contributed by atoms with E-state index in [-0.39, 0.29) is 0 Å². The van der Waals surface area contributed by atoms with Crippen molar-refractivity contribution in [1.29, 1.82) is 0 Å². The molecule has 1 aliphatic carbocycles. The molecule has 2 fully saturated rings. The van der Waals surface area contributed by atoms with Crippen LogP contribution < -0.4 is 5.32 Å². The van der Waals surface area contributed by atoms with Gasteiger partial charge in [-0.1, -0.05) is 48.4 Å². The molecule has 0 bridgehead atoms. The van der Waals surface area contributed by atoms with E-state index in [9.17, 15) is 0 Å². The number of hydrogen-bond acceptors (Lipinski definition) is 2. The minimum atomic E-state index is 0.778. The maximum Gasteiger partial charge on any atom is 0.0224 e. The number of nitrogens with one attached hydrogen (secondary N) is 1. The Morgan fingerprint density at radius 2 is 2.00 bits per heavy atom. The number of likely N-dealkylation sites (tertiary alicyclic amines) is 1. The highest BCUT2D eigenvalue weighted by Gasteiger charge is 2.33. The molecule has 0 spiro atoms. The third kappa shape index (κ3) is 3.96. The molecule has 1 aromatic carbocycles. The maximum atomic E-state index is 3.67. The molecule has 114 valence electrons. The van der Waals surface area contributed by atoms with E-state index in [4.69, 9.17) is 0 Å². The number of hydrogen-bond donors (Lipinski definition) is 1. The summed E-state index contributed by atoms with van der Waals surface area (Å²) >= 11 is 0. The summed E-state index contributed by atoms with van der Waals surface area (Å²) in [6.45, 7) is 5.70. The first-order valence-electron chi connectivity index (χ1n) is 8.51. The van der Waals surface area contributed by atoms with Crippen molar-refractivity contribution in [3.8, 4) is 0 Å². The molecule has 1 N–H and O–H groups in total. The first-order valence-corrected chi connectivity index (χ1v) is 8.51. The summed E-state index contributed by atoms with van der Waals surface area (Å²) in [6.07, 6.45) is 9.37. The Morgan fingerprint density at radius 3 is 2.71 bits per heavy atom. The highest BCUT2D eigenvalue weighted by molar-refractivity contribution is 5.52. The van der Waals surface area contributed by atoms with E-state index < -0.39 is 0 Å². The molecule has 1 saturated heterocycles. The van der Waals surface area contributed by atoms with Crippen molar-refractivity contribution in [2.24, 2.45) is 0 Å². The Hall–Kier alpha value is -1.12. The quantitative estimate of drug-likeness (QED) is 0.857. The number of benzene rings is 1. The van der Waals surface area contributed by atoms with E-state index in [0.29, 0.717) is 0 Å². The van der Waals surface area contributed by atoms with Crippen molar-refractivity contribution < 1.29 is 0 Å². The second-order valence-corrected chi connectivity index (χ2v) is 6.65. The number of rotatable bonds is 6. The van der Waals surface area contributed by atoms with Crippen LogP contribution in [0.5, 0.6) is 0 Å². The first-order chi connectivity index (χ1) is 10.3. The van der Waals surface area contributed by atoms with Gasteiger partial charge >= 0.3 is 0 Å². The third-order valence-electron chi connectivity index (χ3n) is 4.96. The maximum absolute atomic E-state index is 3.67. The minimum Gasteiger partial charge on any atom is -0.311 e. The molecule has 1 aromatic rings.